The van der Waals surface area contributed by atoms with Gasteiger partial charge >= 0.3 is 5.69 Å². The van der Waals surface area contributed by atoms with Crippen LogP contribution in [0.3, 0.4) is 0 Å². The predicted molar refractivity (Wildman–Crippen MR) is 53.8 cm³/mol. The van der Waals surface area contributed by atoms with Crippen molar-refractivity contribution in [1.82, 2.24) is 0 Å². The Morgan fingerprint density at radius 1 is 1.43 bits per heavy atom. The summed E-state index contributed by atoms with van der Waals surface area (Å²) < 4.78 is 11.6. The van der Waals surface area contributed by atoms with Crippen LogP contribution >= 0.6 is 7.14 Å². The molecule has 0 heterocycles. The molecule has 0 bridgehead atoms. The average Bonchev–Trinajstić information content (AvgIpc) is 2.01. The molecule has 1 N–H and O–H groups in total. The fourth-order valence-electron chi connectivity index (χ4n) is 1.10. The zero-order chi connectivity index (χ0) is 10.9. The highest BCUT2D eigenvalue weighted by atomic mass is 31.2. The second-order valence-electron chi connectivity index (χ2n) is 3.25. The minimum atomic E-state index is -2.68. The smallest absolute Gasteiger partial charge is 0.311 e. The first kappa shape index (κ1) is 10.7. The van der Waals surface area contributed by atoms with Crippen molar-refractivity contribution in [3.05, 3.63) is 28.3 Å². The molecule has 76 valence electrons. The van der Waals surface area contributed by atoms with Crippen LogP contribution in [0, 0.1) is 10.1 Å². The van der Waals surface area contributed by atoms with Crippen molar-refractivity contribution >= 4 is 18.1 Å². The lowest BCUT2D eigenvalue weighted by Gasteiger charge is -2.08. The van der Waals surface area contributed by atoms with Crippen molar-refractivity contribution in [3.8, 4) is 5.75 Å². The van der Waals surface area contributed by atoms with E-state index < -0.39 is 23.5 Å². The summed E-state index contributed by atoms with van der Waals surface area (Å²) in [4.78, 5) is 9.76. The molecule has 0 radical (unpaired) electrons. The molecule has 1 rings (SSSR count). The van der Waals surface area contributed by atoms with Crippen molar-refractivity contribution in [3.63, 3.8) is 0 Å². The normalized spacial score (nSPS) is 11.3. The highest BCUT2D eigenvalue weighted by molar-refractivity contribution is 7.70. The lowest BCUT2D eigenvalue weighted by Crippen LogP contribution is -2.05. The van der Waals surface area contributed by atoms with Crippen LogP contribution in [0.15, 0.2) is 18.2 Å². The van der Waals surface area contributed by atoms with Gasteiger partial charge in [0.2, 0.25) is 5.75 Å². The third-order valence-electron chi connectivity index (χ3n) is 1.77. The number of phenols is 1. The molecular formula is C8H10NO4P. The van der Waals surface area contributed by atoms with Crippen molar-refractivity contribution in [2.45, 2.75) is 0 Å². The summed E-state index contributed by atoms with van der Waals surface area (Å²) in [6, 6.07) is 4.02. The second-order valence-corrected chi connectivity index (χ2v) is 6.44. The molecule has 1 aromatic carbocycles. The van der Waals surface area contributed by atoms with Gasteiger partial charge in [-0.3, -0.25) is 10.1 Å². The van der Waals surface area contributed by atoms with E-state index in [0.29, 0.717) is 0 Å². The first-order chi connectivity index (χ1) is 6.34. The molecule has 6 heteroatoms. The molecule has 14 heavy (non-hydrogen) atoms. The SMILES string of the molecule is CP(C)(=O)c1cccc([N+](=O)[O-])c1O. The molecule has 0 aliphatic carbocycles. The lowest BCUT2D eigenvalue weighted by molar-refractivity contribution is -0.385. The van der Waals surface area contributed by atoms with Crippen LogP contribution in [0.5, 0.6) is 5.75 Å². The summed E-state index contributed by atoms with van der Waals surface area (Å²) in [5.74, 6) is -0.495. The first-order valence-electron chi connectivity index (χ1n) is 3.86. The minimum absolute atomic E-state index is 0.145. The summed E-state index contributed by atoms with van der Waals surface area (Å²) in [5, 5.41) is 20.1. The molecule has 0 aliphatic heterocycles. The highest BCUT2D eigenvalue weighted by Gasteiger charge is 2.23. The van der Waals surface area contributed by atoms with Crippen molar-refractivity contribution < 1.29 is 14.6 Å². The van der Waals surface area contributed by atoms with Crippen LogP contribution in [0.2, 0.25) is 0 Å². The van der Waals surface area contributed by atoms with Gasteiger partial charge in [-0.05, 0) is 19.4 Å². The van der Waals surface area contributed by atoms with Gasteiger partial charge in [0.25, 0.3) is 0 Å². The molecule has 0 spiro atoms. The van der Waals surface area contributed by atoms with Gasteiger partial charge in [0.05, 0.1) is 10.2 Å². The third kappa shape index (κ3) is 1.93. The Hall–Kier alpha value is -1.35. The van der Waals surface area contributed by atoms with Gasteiger partial charge in [-0.1, -0.05) is 6.07 Å². The van der Waals surface area contributed by atoms with Gasteiger partial charge in [0.15, 0.2) is 0 Å². The standard InChI is InChI=1S/C8H10NO4P/c1-14(2,13)7-5-3-4-6(8(7)10)9(11)12/h3-5,10H,1-2H3. The quantitative estimate of drug-likeness (QED) is 0.461. The number of phenolic OH excluding ortho intramolecular Hbond substituents is 1. The zero-order valence-corrected chi connectivity index (χ0v) is 8.69. The number of rotatable bonds is 2. The Labute approximate surface area is 80.9 Å². The Bertz CT molecular complexity index is 423. The van der Waals surface area contributed by atoms with Crippen molar-refractivity contribution in [2.24, 2.45) is 0 Å². The van der Waals surface area contributed by atoms with Crippen LogP contribution in [-0.4, -0.2) is 23.4 Å². The molecule has 0 atom stereocenters. The molecule has 1 aromatic rings. The monoisotopic (exact) mass is 215 g/mol. The fraction of sp³-hybridized carbons (Fsp3) is 0.250. The largest absolute Gasteiger partial charge is 0.502 e. The molecule has 0 fully saturated rings. The minimum Gasteiger partial charge on any atom is -0.502 e. The van der Waals surface area contributed by atoms with Crippen LogP contribution in [0.25, 0.3) is 0 Å². The predicted octanol–water partition coefficient (Wildman–Crippen LogP) is 1.55. The van der Waals surface area contributed by atoms with Crippen LogP contribution in [-0.2, 0) is 4.57 Å². The number of benzene rings is 1. The topological polar surface area (TPSA) is 80.4 Å². The first-order valence-corrected chi connectivity index (χ1v) is 6.46. The molecule has 0 aromatic heterocycles. The van der Waals surface area contributed by atoms with Gasteiger partial charge in [-0.15, -0.1) is 0 Å². The maximum Gasteiger partial charge on any atom is 0.311 e. The lowest BCUT2D eigenvalue weighted by atomic mass is 10.3. The van der Waals surface area contributed by atoms with Crippen LogP contribution < -0.4 is 5.30 Å². The second kappa shape index (κ2) is 3.42. The number of nitro benzene ring substituents is 1. The van der Waals surface area contributed by atoms with E-state index in [4.69, 9.17) is 0 Å². The van der Waals surface area contributed by atoms with E-state index in [1.807, 2.05) is 0 Å². The molecular weight excluding hydrogens is 205 g/mol. The maximum atomic E-state index is 11.6. The van der Waals surface area contributed by atoms with E-state index in [0.717, 1.165) is 0 Å². The molecule has 0 unspecified atom stereocenters. The van der Waals surface area contributed by atoms with Crippen molar-refractivity contribution in [1.29, 1.82) is 0 Å². The number of aromatic hydroxyl groups is 1. The van der Waals surface area contributed by atoms with E-state index >= 15 is 0 Å². The molecule has 0 saturated carbocycles. The zero-order valence-electron chi connectivity index (χ0n) is 7.80. The van der Waals surface area contributed by atoms with Gasteiger partial charge in [-0.2, -0.15) is 0 Å². The van der Waals surface area contributed by atoms with Gasteiger partial charge in [-0.25, -0.2) is 0 Å². The Morgan fingerprint density at radius 3 is 2.43 bits per heavy atom. The molecule has 0 amide bonds. The number of hydrogen-bond donors (Lipinski definition) is 1. The summed E-state index contributed by atoms with van der Waals surface area (Å²) in [6.45, 7) is 2.90. The average molecular weight is 215 g/mol. The number of nitro groups is 1. The fourth-order valence-corrected chi connectivity index (χ4v) is 2.17. The van der Waals surface area contributed by atoms with E-state index in [1.165, 1.54) is 31.5 Å². The summed E-state index contributed by atoms with van der Waals surface area (Å²) in [6.07, 6.45) is 0. The van der Waals surface area contributed by atoms with Gasteiger partial charge in [0, 0.05) is 6.07 Å². The van der Waals surface area contributed by atoms with Gasteiger partial charge in [0.1, 0.15) is 7.14 Å². The summed E-state index contributed by atoms with van der Waals surface area (Å²) >= 11 is 0. The Morgan fingerprint density at radius 2 is 2.00 bits per heavy atom. The summed E-state index contributed by atoms with van der Waals surface area (Å²) in [7, 11) is -2.68. The van der Waals surface area contributed by atoms with E-state index in [1.54, 1.807) is 0 Å². The highest BCUT2D eigenvalue weighted by Crippen LogP contribution is 2.40. The summed E-state index contributed by atoms with van der Waals surface area (Å²) in [5.41, 5.74) is -0.411. The number of nitrogens with zero attached hydrogens (tertiary/aromatic N) is 1. The molecule has 0 saturated heterocycles. The van der Waals surface area contributed by atoms with E-state index in [2.05, 4.69) is 0 Å². The Balaban J connectivity index is 3.43. The van der Waals surface area contributed by atoms with Crippen LogP contribution in [0.4, 0.5) is 5.69 Å². The number of hydrogen-bond acceptors (Lipinski definition) is 4. The molecule has 5 nitrogen and oxygen atoms in total. The number of para-hydroxylation sites is 1. The van der Waals surface area contributed by atoms with E-state index in [9.17, 15) is 19.8 Å². The molecule has 0 aliphatic rings. The maximum absolute atomic E-state index is 11.6. The van der Waals surface area contributed by atoms with E-state index in [-0.39, 0.29) is 5.30 Å². The van der Waals surface area contributed by atoms with Gasteiger partial charge < -0.3 is 9.67 Å². The van der Waals surface area contributed by atoms with Crippen LogP contribution in [0.1, 0.15) is 0 Å². The Kier molecular flexibility index (Phi) is 2.62. The third-order valence-corrected chi connectivity index (χ3v) is 3.29. The van der Waals surface area contributed by atoms with Crippen molar-refractivity contribution in [2.75, 3.05) is 13.3 Å².